The van der Waals surface area contributed by atoms with Crippen molar-refractivity contribution in [1.29, 1.82) is 0 Å². The summed E-state index contributed by atoms with van der Waals surface area (Å²) in [6, 6.07) is 10.1. The molecule has 1 amide bonds. The second-order valence-electron chi connectivity index (χ2n) is 4.40. The number of benzene rings is 1. The predicted octanol–water partition coefficient (Wildman–Crippen LogP) is 1.81. The Morgan fingerprint density at radius 3 is 2.84 bits per heavy atom. The molecule has 1 atom stereocenters. The van der Waals surface area contributed by atoms with Gasteiger partial charge in [0.25, 0.3) is 5.91 Å². The average Bonchev–Trinajstić information content (AvgIpc) is 2.88. The Hall–Kier alpha value is -1.72. The highest BCUT2D eigenvalue weighted by molar-refractivity contribution is 7.09. The van der Waals surface area contributed by atoms with Gasteiger partial charge in [-0.1, -0.05) is 30.3 Å². The van der Waals surface area contributed by atoms with Gasteiger partial charge in [-0.3, -0.25) is 4.79 Å². The Morgan fingerprint density at radius 2 is 2.16 bits per heavy atom. The Labute approximate surface area is 116 Å². The lowest BCUT2D eigenvalue weighted by atomic mass is 10.2. The summed E-state index contributed by atoms with van der Waals surface area (Å²) in [5, 5.41) is 5.53. The molecule has 0 aliphatic carbocycles. The van der Waals surface area contributed by atoms with Crippen LogP contribution in [0, 0.1) is 0 Å². The molecule has 0 bridgehead atoms. The maximum absolute atomic E-state index is 11.9. The maximum Gasteiger partial charge on any atom is 0.271 e. The van der Waals surface area contributed by atoms with Crippen LogP contribution in [0.2, 0.25) is 0 Å². The Balaban J connectivity index is 2.01. The molecule has 2 rings (SSSR count). The van der Waals surface area contributed by atoms with Crippen LogP contribution < -0.4 is 11.1 Å². The van der Waals surface area contributed by atoms with E-state index in [1.165, 1.54) is 16.9 Å². The zero-order chi connectivity index (χ0) is 13.7. The van der Waals surface area contributed by atoms with Crippen molar-refractivity contribution in [3.63, 3.8) is 0 Å². The van der Waals surface area contributed by atoms with Gasteiger partial charge in [0, 0.05) is 24.4 Å². The first-order valence-electron chi connectivity index (χ1n) is 6.18. The standard InChI is InChI=1S/C14H17N3OS/c1-10(8-15)16-14(18)12-9-19-13(17-12)7-11-5-3-2-4-6-11/h2-6,9-10H,7-8,15H2,1H3,(H,16,18)/t10-/m0/s1. The number of nitrogens with zero attached hydrogens (tertiary/aromatic N) is 1. The second kappa shape index (κ2) is 6.45. The van der Waals surface area contributed by atoms with E-state index in [2.05, 4.69) is 22.4 Å². The number of hydrogen-bond donors (Lipinski definition) is 2. The van der Waals surface area contributed by atoms with E-state index in [1.807, 2.05) is 25.1 Å². The van der Waals surface area contributed by atoms with Gasteiger partial charge in [0.2, 0.25) is 0 Å². The van der Waals surface area contributed by atoms with E-state index < -0.39 is 0 Å². The van der Waals surface area contributed by atoms with Crippen LogP contribution in [0.15, 0.2) is 35.7 Å². The normalized spacial score (nSPS) is 12.1. The second-order valence-corrected chi connectivity index (χ2v) is 5.34. The van der Waals surface area contributed by atoms with Gasteiger partial charge in [0.1, 0.15) is 5.69 Å². The minimum absolute atomic E-state index is 0.0354. The summed E-state index contributed by atoms with van der Waals surface area (Å²) in [5.74, 6) is -0.159. The maximum atomic E-state index is 11.9. The lowest BCUT2D eigenvalue weighted by Crippen LogP contribution is -2.37. The van der Waals surface area contributed by atoms with Gasteiger partial charge < -0.3 is 11.1 Å². The van der Waals surface area contributed by atoms with Crippen LogP contribution in [0.25, 0.3) is 0 Å². The van der Waals surface area contributed by atoms with Crippen LogP contribution in [0.4, 0.5) is 0 Å². The molecule has 1 aromatic heterocycles. The average molecular weight is 275 g/mol. The first-order valence-corrected chi connectivity index (χ1v) is 7.06. The highest BCUT2D eigenvalue weighted by Crippen LogP contribution is 2.14. The molecule has 0 saturated heterocycles. The van der Waals surface area contributed by atoms with E-state index in [0.29, 0.717) is 12.2 Å². The van der Waals surface area contributed by atoms with Crippen LogP contribution >= 0.6 is 11.3 Å². The van der Waals surface area contributed by atoms with Gasteiger partial charge >= 0.3 is 0 Å². The van der Waals surface area contributed by atoms with Gasteiger partial charge in [-0.25, -0.2) is 4.98 Å². The molecule has 0 radical (unpaired) electrons. The molecule has 0 spiro atoms. The van der Waals surface area contributed by atoms with Crippen molar-refractivity contribution in [3.05, 3.63) is 52.0 Å². The molecule has 5 heteroatoms. The Kier molecular flexibility index (Phi) is 4.65. The van der Waals surface area contributed by atoms with Crippen molar-refractivity contribution in [3.8, 4) is 0 Å². The van der Waals surface area contributed by atoms with E-state index in [4.69, 9.17) is 5.73 Å². The number of carbonyl (C=O) groups excluding carboxylic acids is 1. The molecule has 0 unspecified atom stereocenters. The summed E-state index contributed by atoms with van der Waals surface area (Å²) < 4.78 is 0. The number of nitrogens with one attached hydrogen (secondary N) is 1. The molecule has 1 heterocycles. The minimum Gasteiger partial charge on any atom is -0.347 e. The number of thiazole rings is 1. The molecule has 1 aromatic carbocycles. The van der Waals surface area contributed by atoms with Crippen molar-refractivity contribution in [1.82, 2.24) is 10.3 Å². The van der Waals surface area contributed by atoms with E-state index in [9.17, 15) is 4.79 Å². The lowest BCUT2D eigenvalue weighted by molar-refractivity contribution is 0.0937. The van der Waals surface area contributed by atoms with Gasteiger partial charge in [-0.2, -0.15) is 0 Å². The molecular formula is C14H17N3OS. The third-order valence-corrected chi connectivity index (χ3v) is 3.56. The molecule has 3 N–H and O–H groups in total. The van der Waals surface area contributed by atoms with E-state index in [1.54, 1.807) is 5.38 Å². The van der Waals surface area contributed by atoms with Crippen LogP contribution in [0.5, 0.6) is 0 Å². The van der Waals surface area contributed by atoms with E-state index in [-0.39, 0.29) is 11.9 Å². The monoisotopic (exact) mass is 275 g/mol. The number of nitrogens with two attached hydrogens (primary N) is 1. The molecule has 19 heavy (non-hydrogen) atoms. The minimum atomic E-state index is -0.159. The van der Waals surface area contributed by atoms with Gasteiger partial charge in [-0.15, -0.1) is 11.3 Å². The Bertz CT molecular complexity index is 539. The van der Waals surface area contributed by atoms with Crippen molar-refractivity contribution in [2.24, 2.45) is 5.73 Å². The first kappa shape index (κ1) is 13.7. The number of amides is 1. The zero-order valence-corrected chi connectivity index (χ0v) is 11.6. The third-order valence-electron chi connectivity index (χ3n) is 2.71. The topological polar surface area (TPSA) is 68.0 Å². The summed E-state index contributed by atoms with van der Waals surface area (Å²) in [7, 11) is 0. The van der Waals surface area contributed by atoms with E-state index >= 15 is 0 Å². The summed E-state index contributed by atoms with van der Waals surface area (Å²) >= 11 is 1.50. The first-order chi connectivity index (χ1) is 9.19. The molecule has 0 aliphatic heterocycles. The van der Waals surface area contributed by atoms with E-state index in [0.717, 1.165) is 11.4 Å². The van der Waals surface area contributed by atoms with Crippen LogP contribution in [-0.4, -0.2) is 23.5 Å². The van der Waals surface area contributed by atoms with Gasteiger partial charge in [-0.05, 0) is 12.5 Å². The number of rotatable bonds is 5. The van der Waals surface area contributed by atoms with Gasteiger partial charge in [0.15, 0.2) is 0 Å². The van der Waals surface area contributed by atoms with Crippen LogP contribution in [0.1, 0.15) is 28.0 Å². The van der Waals surface area contributed by atoms with Gasteiger partial charge in [0.05, 0.1) is 5.01 Å². The highest BCUT2D eigenvalue weighted by atomic mass is 32.1. The predicted molar refractivity (Wildman–Crippen MR) is 77.3 cm³/mol. The van der Waals surface area contributed by atoms with Crippen LogP contribution in [0.3, 0.4) is 0 Å². The number of aromatic nitrogens is 1. The molecule has 2 aromatic rings. The number of hydrogen-bond acceptors (Lipinski definition) is 4. The number of carbonyl (C=O) groups is 1. The summed E-state index contributed by atoms with van der Waals surface area (Å²) in [6.07, 6.45) is 0.755. The summed E-state index contributed by atoms with van der Waals surface area (Å²) in [5.41, 5.74) is 7.14. The lowest BCUT2D eigenvalue weighted by Gasteiger charge is -2.09. The Morgan fingerprint density at radius 1 is 1.42 bits per heavy atom. The molecular weight excluding hydrogens is 258 g/mol. The van der Waals surface area contributed by atoms with Crippen LogP contribution in [-0.2, 0) is 6.42 Å². The molecule has 100 valence electrons. The van der Waals surface area contributed by atoms with Crippen molar-refractivity contribution in [2.45, 2.75) is 19.4 Å². The zero-order valence-electron chi connectivity index (χ0n) is 10.8. The van der Waals surface area contributed by atoms with Crippen molar-refractivity contribution >= 4 is 17.2 Å². The molecule has 0 saturated carbocycles. The largest absolute Gasteiger partial charge is 0.347 e. The SMILES string of the molecule is C[C@@H](CN)NC(=O)c1csc(Cc2ccccc2)n1. The molecule has 0 fully saturated rings. The fourth-order valence-electron chi connectivity index (χ4n) is 1.62. The summed E-state index contributed by atoms with van der Waals surface area (Å²) in [6.45, 7) is 2.29. The highest BCUT2D eigenvalue weighted by Gasteiger charge is 2.12. The van der Waals surface area contributed by atoms with Crippen molar-refractivity contribution < 1.29 is 4.79 Å². The smallest absolute Gasteiger partial charge is 0.271 e. The summed E-state index contributed by atoms with van der Waals surface area (Å²) in [4.78, 5) is 16.2. The quantitative estimate of drug-likeness (QED) is 0.874. The molecule has 0 aliphatic rings. The fraction of sp³-hybridized carbons (Fsp3) is 0.286. The van der Waals surface area contributed by atoms with Crippen molar-refractivity contribution in [2.75, 3.05) is 6.54 Å². The fourth-order valence-corrected chi connectivity index (χ4v) is 2.43. The third kappa shape index (κ3) is 3.87. The molecule has 4 nitrogen and oxygen atoms in total.